The normalized spacial score (nSPS) is 20.0. The zero-order valence-electron chi connectivity index (χ0n) is 16.0. The van der Waals surface area contributed by atoms with Gasteiger partial charge in [-0.3, -0.25) is 9.59 Å². The average molecular weight is 368 g/mol. The van der Waals surface area contributed by atoms with Gasteiger partial charge in [0.15, 0.2) is 0 Å². The lowest BCUT2D eigenvalue weighted by Crippen LogP contribution is -2.43. The maximum Gasteiger partial charge on any atom is 0.307 e. The predicted octanol–water partition coefficient (Wildman–Crippen LogP) is 3.62. The van der Waals surface area contributed by atoms with Gasteiger partial charge in [0.1, 0.15) is 0 Å². The molecule has 1 amide bonds. The van der Waals surface area contributed by atoms with Gasteiger partial charge >= 0.3 is 5.97 Å². The lowest BCUT2D eigenvalue weighted by molar-refractivity contribution is -0.136. The molecule has 1 fully saturated rings. The summed E-state index contributed by atoms with van der Waals surface area (Å²) in [6.07, 6.45) is 7.36. The van der Waals surface area contributed by atoms with Gasteiger partial charge in [0.05, 0.1) is 6.42 Å². The quantitative estimate of drug-likeness (QED) is 0.877. The van der Waals surface area contributed by atoms with Gasteiger partial charge in [-0.15, -0.1) is 0 Å². The Morgan fingerprint density at radius 2 is 1.93 bits per heavy atom. The SMILES string of the molecule is CN(C(=O)CC1CCCC1)C1CCc2c(CC(=O)O)c3ccccc3n2C1. The number of nitrogens with zero attached hydrogens (tertiary/aromatic N) is 2. The number of aromatic nitrogens is 1. The summed E-state index contributed by atoms with van der Waals surface area (Å²) in [6.45, 7) is 0.752. The van der Waals surface area contributed by atoms with E-state index in [0.717, 1.165) is 41.5 Å². The number of benzene rings is 1. The summed E-state index contributed by atoms with van der Waals surface area (Å²) in [7, 11) is 1.94. The molecule has 0 bridgehead atoms. The fourth-order valence-corrected chi connectivity index (χ4v) is 5.00. The molecule has 1 N–H and O–H groups in total. The Hall–Kier alpha value is -2.30. The molecule has 144 valence electrons. The second-order valence-electron chi connectivity index (χ2n) is 8.18. The molecule has 1 aliphatic carbocycles. The number of amides is 1. The highest BCUT2D eigenvalue weighted by molar-refractivity contribution is 5.89. The number of fused-ring (bicyclic) bond motifs is 3. The van der Waals surface area contributed by atoms with Crippen molar-refractivity contribution in [3.8, 4) is 0 Å². The maximum absolute atomic E-state index is 12.8. The Labute approximate surface area is 160 Å². The number of aliphatic carboxylic acids is 1. The molecule has 0 spiro atoms. The molecular formula is C22H28N2O3. The molecule has 1 unspecified atom stereocenters. The van der Waals surface area contributed by atoms with Gasteiger partial charge in [-0.2, -0.15) is 0 Å². The summed E-state index contributed by atoms with van der Waals surface area (Å²) in [5.41, 5.74) is 3.16. The van der Waals surface area contributed by atoms with E-state index in [1.807, 2.05) is 30.1 Å². The predicted molar refractivity (Wildman–Crippen MR) is 105 cm³/mol. The monoisotopic (exact) mass is 368 g/mol. The number of carboxylic acid groups (broad SMARTS) is 1. The van der Waals surface area contributed by atoms with E-state index in [1.165, 1.54) is 25.7 Å². The third-order valence-electron chi connectivity index (χ3n) is 6.51. The molecule has 0 radical (unpaired) electrons. The zero-order valence-corrected chi connectivity index (χ0v) is 16.0. The van der Waals surface area contributed by atoms with E-state index in [2.05, 4.69) is 10.6 Å². The summed E-state index contributed by atoms with van der Waals surface area (Å²) in [5, 5.41) is 10.4. The summed E-state index contributed by atoms with van der Waals surface area (Å²) < 4.78 is 2.25. The Bertz CT molecular complexity index is 864. The Morgan fingerprint density at radius 1 is 1.19 bits per heavy atom. The molecule has 1 atom stereocenters. The first-order valence-electron chi connectivity index (χ1n) is 10.1. The number of carbonyl (C=O) groups is 2. The van der Waals surface area contributed by atoms with Gasteiger partial charge in [-0.05, 0) is 43.2 Å². The largest absolute Gasteiger partial charge is 0.481 e. The smallest absolute Gasteiger partial charge is 0.307 e. The first kappa shape index (κ1) is 18.1. The first-order valence-corrected chi connectivity index (χ1v) is 10.1. The van der Waals surface area contributed by atoms with Crippen LogP contribution in [0.4, 0.5) is 0 Å². The van der Waals surface area contributed by atoms with Crippen LogP contribution in [0.25, 0.3) is 10.9 Å². The number of hydrogen-bond donors (Lipinski definition) is 1. The molecule has 5 nitrogen and oxygen atoms in total. The minimum atomic E-state index is -0.792. The molecule has 1 aromatic carbocycles. The molecule has 5 heteroatoms. The molecule has 2 heterocycles. The fraction of sp³-hybridized carbons (Fsp3) is 0.545. The highest BCUT2D eigenvalue weighted by atomic mass is 16.4. The van der Waals surface area contributed by atoms with E-state index in [9.17, 15) is 14.7 Å². The van der Waals surface area contributed by atoms with Crippen molar-refractivity contribution in [2.75, 3.05) is 7.05 Å². The van der Waals surface area contributed by atoms with Crippen molar-refractivity contribution in [3.63, 3.8) is 0 Å². The van der Waals surface area contributed by atoms with Crippen LogP contribution < -0.4 is 0 Å². The van der Waals surface area contributed by atoms with Crippen LogP contribution in [0.2, 0.25) is 0 Å². The minimum absolute atomic E-state index is 0.0595. The van der Waals surface area contributed by atoms with Crippen molar-refractivity contribution in [2.24, 2.45) is 5.92 Å². The highest BCUT2D eigenvalue weighted by Crippen LogP contribution is 2.33. The van der Waals surface area contributed by atoms with E-state index in [4.69, 9.17) is 0 Å². The zero-order chi connectivity index (χ0) is 19.0. The molecule has 2 aliphatic rings. The maximum atomic E-state index is 12.8. The topological polar surface area (TPSA) is 62.5 Å². The van der Waals surface area contributed by atoms with Crippen molar-refractivity contribution >= 4 is 22.8 Å². The molecule has 2 aromatic rings. The van der Waals surface area contributed by atoms with Gasteiger partial charge in [0.25, 0.3) is 0 Å². The van der Waals surface area contributed by atoms with E-state index >= 15 is 0 Å². The van der Waals surface area contributed by atoms with Crippen molar-refractivity contribution < 1.29 is 14.7 Å². The Morgan fingerprint density at radius 3 is 2.67 bits per heavy atom. The number of carbonyl (C=O) groups excluding carboxylic acids is 1. The van der Waals surface area contributed by atoms with Crippen LogP contribution in [-0.2, 0) is 29.0 Å². The molecular weight excluding hydrogens is 340 g/mol. The fourth-order valence-electron chi connectivity index (χ4n) is 5.00. The van der Waals surface area contributed by atoms with Crippen LogP contribution in [0, 0.1) is 5.92 Å². The average Bonchev–Trinajstić information content (AvgIpc) is 3.27. The van der Waals surface area contributed by atoms with E-state index in [0.29, 0.717) is 12.3 Å². The van der Waals surface area contributed by atoms with Gasteiger partial charge in [0.2, 0.25) is 5.91 Å². The molecule has 27 heavy (non-hydrogen) atoms. The van der Waals surface area contributed by atoms with Crippen molar-refractivity contribution in [1.82, 2.24) is 9.47 Å². The van der Waals surface area contributed by atoms with Crippen LogP contribution in [0.1, 0.15) is 49.8 Å². The lowest BCUT2D eigenvalue weighted by Gasteiger charge is -2.34. The molecule has 4 rings (SSSR count). The summed E-state index contributed by atoms with van der Waals surface area (Å²) in [4.78, 5) is 26.1. The van der Waals surface area contributed by atoms with Gasteiger partial charge in [-0.25, -0.2) is 0 Å². The summed E-state index contributed by atoms with van der Waals surface area (Å²) in [5.74, 6) is 0.0337. The van der Waals surface area contributed by atoms with Crippen LogP contribution >= 0.6 is 0 Å². The van der Waals surface area contributed by atoms with E-state index in [1.54, 1.807) is 0 Å². The third-order valence-corrected chi connectivity index (χ3v) is 6.51. The van der Waals surface area contributed by atoms with Crippen molar-refractivity contribution in [3.05, 3.63) is 35.5 Å². The van der Waals surface area contributed by atoms with Gasteiger partial charge in [-0.1, -0.05) is 31.0 Å². The number of likely N-dealkylation sites (N-methyl/N-ethyl adjacent to an activating group) is 1. The van der Waals surface area contributed by atoms with Crippen LogP contribution in [0.15, 0.2) is 24.3 Å². The third kappa shape index (κ3) is 3.47. The standard InChI is InChI=1S/C22H28N2O3/c1-23(21(25)12-15-6-2-3-7-15)16-10-11-20-18(13-22(26)27)17-8-4-5-9-19(17)24(20)14-16/h4-5,8-9,15-16H,2-3,6-7,10-14H2,1H3,(H,26,27). The second kappa shape index (κ2) is 7.37. The Balaban J connectivity index is 1.57. The second-order valence-corrected chi connectivity index (χ2v) is 8.18. The number of carboxylic acids is 1. The van der Waals surface area contributed by atoms with Crippen molar-refractivity contribution in [2.45, 2.75) is 64.0 Å². The molecule has 1 aromatic heterocycles. The van der Waals surface area contributed by atoms with Crippen LogP contribution in [-0.4, -0.2) is 39.5 Å². The van der Waals surface area contributed by atoms with Gasteiger partial charge < -0.3 is 14.6 Å². The van der Waals surface area contributed by atoms with E-state index in [-0.39, 0.29) is 18.4 Å². The van der Waals surface area contributed by atoms with Crippen LogP contribution in [0.3, 0.4) is 0 Å². The van der Waals surface area contributed by atoms with Gasteiger partial charge in [0, 0.05) is 42.7 Å². The van der Waals surface area contributed by atoms with Crippen molar-refractivity contribution in [1.29, 1.82) is 0 Å². The van der Waals surface area contributed by atoms with E-state index < -0.39 is 5.97 Å². The lowest BCUT2D eigenvalue weighted by atomic mass is 9.98. The number of rotatable bonds is 5. The molecule has 1 aliphatic heterocycles. The highest BCUT2D eigenvalue weighted by Gasteiger charge is 2.30. The Kier molecular flexibility index (Phi) is 4.94. The summed E-state index contributed by atoms with van der Waals surface area (Å²) >= 11 is 0. The van der Waals surface area contributed by atoms with Crippen LogP contribution in [0.5, 0.6) is 0 Å². The summed E-state index contributed by atoms with van der Waals surface area (Å²) in [6, 6.07) is 8.23. The minimum Gasteiger partial charge on any atom is -0.481 e. The first-order chi connectivity index (χ1) is 13.0. The number of para-hydroxylation sites is 1. The molecule has 0 saturated heterocycles. The molecule has 1 saturated carbocycles. The number of hydrogen-bond acceptors (Lipinski definition) is 2.